The average molecular weight is 230 g/mol. The number of nitrogens with one attached hydrogen (secondary N) is 2. The number of aryl methyl sites for hydroxylation is 1. The largest absolute Gasteiger partial charge is 0.358 e. The van der Waals surface area contributed by atoms with Gasteiger partial charge in [-0.3, -0.25) is 4.79 Å². The van der Waals surface area contributed by atoms with Gasteiger partial charge in [0.1, 0.15) is 5.78 Å². The molecule has 3 heteroatoms. The van der Waals surface area contributed by atoms with Crippen LogP contribution in [0.25, 0.3) is 10.9 Å². The second-order valence-electron chi connectivity index (χ2n) is 4.46. The van der Waals surface area contributed by atoms with Crippen molar-refractivity contribution < 1.29 is 4.79 Å². The summed E-state index contributed by atoms with van der Waals surface area (Å²) in [5.41, 5.74) is 3.47. The Hall–Kier alpha value is -1.61. The molecule has 0 bridgehead atoms. The number of aromatic nitrogens is 1. The Morgan fingerprint density at radius 3 is 2.76 bits per heavy atom. The lowest BCUT2D eigenvalue weighted by molar-refractivity contribution is -0.117. The zero-order valence-corrected chi connectivity index (χ0v) is 10.5. The minimum atomic E-state index is 0.0867. The van der Waals surface area contributed by atoms with Crippen LogP contribution >= 0.6 is 0 Å². The molecule has 1 aromatic carbocycles. The molecule has 0 amide bonds. The van der Waals surface area contributed by atoms with Crippen LogP contribution in [0.2, 0.25) is 0 Å². The van der Waals surface area contributed by atoms with E-state index in [1.54, 1.807) is 6.92 Å². The normalized spacial score (nSPS) is 12.9. The SMILES string of the molecule is CNC(CC(C)=O)c1c(C)[nH]c2ccccc12. The molecule has 17 heavy (non-hydrogen) atoms. The number of hydrogen-bond acceptors (Lipinski definition) is 2. The molecule has 1 unspecified atom stereocenters. The highest BCUT2D eigenvalue weighted by Crippen LogP contribution is 2.29. The summed E-state index contributed by atoms with van der Waals surface area (Å²) >= 11 is 0. The molecule has 2 N–H and O–H groups in total. The number of para-hydroxylation sites is 1. The first kappa shape index (κ1) is 11.9. The number of H-pyrrole nitrogens is 1. The fraction of sp³-hybridized carbons (Fsp3) is 0.357. The number of carbonyl (C=O) groups is 1. The Balaban J connectivity index is 2.52. The number of benzene rings is 1. The molecule has 1 aromatic heterocycles. The van der Waals surface area contributed by atoms with E-state index in [1.165, 1.54) is 10.9 Å². The van der Waals surface area contributed by atoms with E-state index in [4.69, 9.17) is 0 Å². The van der Waals surface area contributed by atoms with Gasteiger partial charge in [0.05, 0.1) is 0 Å². The van der Waals surface area contributed by atoms with Crippen molar-refractivity contribution in [3.8, 4) is 0 Å². The summed E-state index contributed by atoms with van der Waals surface area (Å²) in [6.45, 7) is 3.69. The fourth-order valence-corrected chi connectivity index (χ4v) is 2.38. The summed E-state index contributed by atoms with van der Waals surface area (Å²) in [7, 11) is 1.90. The summed E-state index contributed by atoms with van der Waals surface area (Å²) < 4.78 is 0. The molecule has 0 spiro atoms. The van der Waals surface area contributed by atoms with Crippen LogP contribution in [-0.4, -0.2) is 17.8 Å². The van der Waals surface area contributed by atoms with E-state index in [-0.39, 0.29) is 11.8 Å². The van der Waals surface area contributed by atoms with Crippen molar-refractivity contribution in [3.05, 3.63) is 35.5 Å². The molecular weight excluding hydrogens is 212 g/mol. The molecule has 1 atom stereocenters. The van der Waals surface area contributed by atoms with Gasteiger partial charge in [-0.15, -0.1) is 0 Å². The molecule has 0 aliphatic carbocycles. The first-order valence-electron chi connectivity index (χ1n) is 5.87. The van der Waals surface area contributed by atoms with Crippen LogP contribution in [0.1, 0.15) is 30.6 Å². The standard InChI is InChI=1S/C14H18N2O/c1-9(17)8-13(15-3)14-10(2)16-12-7-5-4-6-11(12)14/h4-7,13,15-16H,8H2,1-3H3. The van der Waals surface area contributed by atoms with E-state index in [0.29, 0.717) is 6.42 Å². The molecule has 1 heterocycles. The van der Waals surface area contributed by atoms with E-state index in [9.17, 15) is 4.79 Å². The van der Waals surface area contributed by atoms with Gasteiger partial charge < -0.3 is 10.3 Å². The third-order valence-corrected chi connectivity index (χ3v) is 3.13. The monoisotopic (exact) mass is 230 g/mol. The number of Topliss-reactive ketones (excluding diaryl/α,β-unsaturated/α-hetero) is 1. The van der Waals surface area contributed by atoms with Crippen molar-refractivity contribution in [3.63, 3.8) is 0 Å². The van der Waals surface area contributed by atoms with Crippen molar-refractivity contribution in [1.29, 1.82) is 0 Å². The first-order valence-corrected chi connectivity index (χ1v) is 5.87. The number of fused-ring (bicyclic) bond motifs is 1. The number of aromatic amines is 1. The molecule has 0 aliphatic rings. The summed E-state index contributed by atoms with van der Waals surface area (Å²) in [4.78, 5) is 14.7. The van der Waals surface area contributed by atoms with Gasteiger partial charge in [0.2, 0.25) is 0 Å². The predicted molar refractivity (Wildman–Crippen MR) is 70.1 cm³/mol. The Kier molecular flexibility index (Phi) is 3.29. The van der Waals surface area contributed by atoms with Gasteiger partial charge in [0.15, 0.2) is 0 Å². The second kappa shape index (κ2) is 4.72. The summed E-state index contributed by atoms with van der Waals surface area (Å²) in [5, 5.41) is 4.43. The lowest BCUT2D eigenvalue weighted by Crippen LogP contribution is -2.19. The number of carbonyl (C=O) groups excluding carboxylic acids is 1. The molecule has 2 rings (SSSR count). The Labute approximate surface area is 101 Å². The van der Waals surface area contributed by atoms with E-state index in [0.717, 1.165) is 11.2 Å². The molecule has 0 fully saturated rings. The van der Waals surface area contributed by atoms with Gasteiger partial charge >= 0.3 is 0 Å². The van der Waals surface area contributed by atoms with Crippen molar-refractivity contribution in [1.82, 2.24) is 10.3 Å². The van der Waals surface area contributed by atoms with Crippen molar-refractivity contribution in [2.75, 3.05) is 7.05 Å². The van der Waals surface area contributed by atoms with Crippen molar-refractivity contribution in [2.24, 2.45) is 0 Å². The van der Waals surface area contributed by atoms with E-state index < -0.39 is 0 Å². The Morgan fingerprint density at radius 1 is 1.41 bits per heavy atom. The predicted octanol–water partition coefficient (Wildman–Crippen LogP) is 2.72. The lowest BCUT2D eigenvalue weighted by Gasteiger charge is -2.15. The smallest absolute Gasteiger partial charge is 0.131 e. The highest BCUT2D eigenvalue weighted by Gasteiger charge is 2.18. The quantitative estimate of drug-likeness (QED) is 0.848. The van der Waals surface area contributed by atoms with Gasteiger partial charge in [-0.1, -0.05) is 18.2 Å². The fourth-order valence-electron chi connectivity index (χ4n) is 2.38. The van der Waals surface area contributed by atoms with E-state index >= 15 is 0 Å². The molecule has 3 nitrogen and oxygen atoms in total. The second-order valence-corrected chi connectivity index (χ2v) is 4.46. The summed E-state index contributed by atoms with van der Waals surface area (Å²) in [6, 6.07) is 8.29. The number of rotatable bonds is 4. The summed E-state index contributed by atoms with van der Waals surface area (Å²) in [5.74, 6) is 0.203. The summed E-state index contributed by atoms with van der Waals surface area (Å²) in [6.07, 6.45) is 0.527. The van der Waals surface area contributed by atoms with Crippen LogP contribution in [0, 0.1) is 6.92 Å². The topological polar surface area (TPSA) is 44.9 Å². The minimum Gasteiger partial charge on any atom is -0.358 e. The van der Waals surface area contributed by atoms with Gasteiger partial charge in [-0.05, 0) is 32.5 Å². The highest BCUT2D eigenvalue weighted by atomic mass is 16.1. The van der Waals surface area contributed by atoms with Crippen molar-refractivity contribution in [2.45, 2.75) is 26.3 Å². The lowest BCUT2D eigenvalue weighted by atomic mass is 9.99. The van der Waals surface area contributed by atoms with Crippen molar-refractivity contribution >= 4 is 16.7 Å². The van der Waals surface area contributed by atoms with Crippen LogP contribution in [0.4, 0.5) is 0 Å². The molecule has 2 aromatic rings. The van der Waals surface area contributed by atoms with E-state index in [2.05, 4.69) is 29.4 Å². The number of hydrogen-bond donors (Lipinski definition) is 2. The highest BCUT2D eigenvalue weighted by molar-refractivity contribution is 5.86. The zero-order valence-electron chi connectivity index (χ0n) is 10.5. The van der Waals surface area contributed by atoms with Crippen LogP contribution in [0.5, 0.6) is 0 Å². The van der Waals surface area contributed by atoms with Gasteiger partial charge in [0.25, 0.3) is 0 Å². The van der Waals surface area contributed by atoms with Crippen LogP contribution in [0.3, 0.4) is 0 Å². The molecule has 0 aliphatic heterocycles. The minimum absolute atomic E-state index is 0.0867. The van der Waals surface area contributed by atoms with E-state index in [1.807, 2.05) is 19.2 Å². The van der Waals surface area contributed by atoms with Gasteiger partial charge in [-0.2, -0.15) is 0 Å². The number of ketones is 1. The maximum absolute atomic E-state index is 11.3. The Bertz CT molecular complexity index is 542. The molecule has 0 radical (unpaired) electrons. The molecule has 90 valence electrons. The van der Waals surface area contributed by atoms with Gasteiger partial charge in [-0.25, -0.2) is 0 Å². The third-order valence-electron chi connectivity index (χ3n) is 3.13. The maximum Gasteiger partial charge on any atom is 0.131 e. The zero-order chi connectivity index (χ0) is 12.4. The van der Waals surface area contributed by atoms with Crippen LogP contribution in [-0.2, 0) is 4.79 Å². The molecule has 0 saturated heterocycles. The average Bonchev–Trinajstić information content (AvgIpc) is 2.62. The maximum atomic E-state index is 11.3. The first-order chi connectivity index (χ1) is 8.13. The Morgan fingerprint density at radius 2 is 2.12 bits per heavy atom. The van der Waals surface area contributed by atoms with Crippen LogP contribution in [0.15, 0.2) is 24.3 Å². The molecule has 0 saturated carbocycles. The third kappa shape index (κ3) is 2.24. The van der Waals surface area contributed by atoms with Gasteiger partial charge in [0, 0.05) is 29.1 Å². The van der Waals surface area contributed by atoms with Crippen LogP contribution < -0.4 is 5.32 Å². The molecular formula is C14H18N2O.